The summed E-state index contributed by atoms with van der Waals surface area (Å²) >= 11 is 7.13. The van der Waals surface area contributed by atoms with Gasteiger partial charge in [0.1, 0.15) is 10.5 Å². The fraction of sp³-hybridized carbons (Fsp3) is 0.600. The molecule has 0 radical (unpaired) electrons. The first-order chi connectivity index (χ1) is 12.6. The Morgan fingerprint density at radius 1 is 1.44 bits per heavy atom. The third kappa shape index (κ3) is 3.24. The Morgan fingerprint density at radius 3 is 2.74 bits per heavy atom. The summed E-state index contributed by atoms with van der Waals surface area (Å²) in [6.07, 6.45) is 2.23. The highest BCUT2D eigenvalue weighted by atomic mass is 35.5. The van der Waals surface area contributed by atoms with Crippen LogP contribution in [0.25, 0.3) is 0 Å². The molecule has 1 aromatic carbocycles. The zero-order valence-corrected chi connectivity index (χ0v) is 17.4. The molecule has 2 aliphatic heterocycles. The van der Waals surface area contributed by atoms with Crippen LogP contribution < -0.4 is 15.2 Å². The summed E-state index contributed by atoms with van der Waals surface area (Å²) in [4.78, 5) is 11.1. The number of likely N-dealkylation sites (N-methyl/N-ethyl adjacent to an activating group) is 1. The smallest absolute Gasteiger partial charge is 0.244 e. The van der Waals surface area contributed by atoms with Crippen LogP contribution in [0.15, 0.2) is 17.2 Å². The van der Waals surface area contributed by atoms with Crippen molar-refractivity contribution in [1.29, 1.82) is 0 Å². The van der Waals surface area contributed by atoms with Crippen molar-refractivity contribution in [2.75, 3.05) is 13.7 Å². The summed E-state index contributed by atoms with van der Waals surface area (Å²) in [5, 5.41) is 6.06. The first kappa shape index (κ1) is 19.8. The Kier molecular flexibility index (Phi) is 5.06. The number of hydrogen-bond donors (Lipinski definition) is 1. The van der Waals surface area contributed by atoms with Gasteiger partial charge in [-0.15, -0.1) is 11.6 Å². The summed E-state index contributed by atoms with van der Waals surface area (Å²) < 4.78 is 12.1. The molecule has 0 spiro atoms. The number of halogens is 1. The van der Waals surface area contributed by atoms with E-state index in [1.165, 1.54) is 0 Å². The number of fused-ring (bicyclic) bond motifs is 1. The molecule has 3 rings (SSSR count). The SMILES string of the molecule is CCCOc1cc(C2(Cl)C(CC)=NN(C)C2C(N)=O)cc2c1OC(C)(C)C2. The molecule has 0 aromatic heterocycles. The van der Waals surface area contributed by atoms with Crippen molar-refractivity contribution in [3.63, 3.8) is 0 Å². The number of carbonyl (C=O) groups is 1. The van der Waals surface area contributed by atoms with E-state index in [0.29, 0.717) is 18.8 Å². The third-order valence-electron chi connectivity index (χ3n) is 5.06. The molecule has 148 valence electrons. The van der Waals surface area contributed by atoms with Crippen LogP contribution in [0.1, 0.15) is 51.7 Å². The molecule has 0 saturated heterocycles. The maximum atomic E-state index is 12.2. The molecule has 0 fully saturated rings. The van der Waals surface area contributed by atoms with Crippen LogP contribution in [-0.2, 0) is 16.1 Å². The third-order valence-corrected chi connectivity index (χ3v) is 5.70. The van der Waals surface area contributed by atoms with Crippen LogP contribution in [0, 0.1) is 0 Å². The number of carbonyl (C=O) groups excluding carboxylic acids is 1. The van der Waals surface area contributed by atoms with E-state index in [0.717, 1.165) is 35.4 Å². The molecule has 0 bridgehead atoms. The second-order valence-corrected chi connectivity index (χ2v) is 8.44. The van der Waals surface area contributed by atoms with E-state index in [4.69, 9.17) is 26.8 Å². The van der Waals surface area contributed by atoms with Crippen LogP contribution in [-0.4, -0.2) is 41.9 Å². The molecule has 27 heavy (non-hydrogen) atoms. The molecule has 2 atom stereocenters. The van der Waals surface area contributed by atoms with Gasteiger partial charge in [-0.2, -0.15) is 5.10 Å². The molecule has 2 unspecified atom stereocenters. The zero-order chi connectivity index (χ0) is 20.0. The average molecular weight is 394 g/mol. The fourth-order valence-electron chi connectivity index (χ4n) is 3.98. The molecular weight excluding hydrogens is 366 g/mol. The Bertz CT molecular complexity index is 793. The molecule has 0 aliphatic carbocycles. The quantitative estimate of drug-likeness (QED) is 0.753. The predicted octanol–water partition coefficient (Wildman–Crippen LogP) is 3.19. The standard InChI is InChI=1S/C20H28ClN3O3/c1-6-8-26-14-10-13(9-12-11-19(3,4)27-16(12)14)20(21)15(7-2)23-24(5)17(20)18(22)25/h9-10,17H,6-8,11H2,1-5H3,(H2,22,25). The molecule has 1 amide bonds. The van der Waals surface area contributed by atoms with E-state index < -0.39 is 16.8 Å². The Morgan fingerprint density at radius 2 is 2.15 bits per heavy atom. The summed E-state index contributed by atoms with van der Waals surface area (Å²) in [5.41, 5.74) is 7.89. The topological polar surface area (TPSA) is 77.1 Å². The number of benzene rings is 1. The number of nitrogens with two attached hydrogens (primary N) is 1. The summed E-state index contributed by atoms with van der Waals surface area (Å²) in [5.74, 6) is 0.908. The Balaban J connectivity index is 2.16. The van der Waals surface area contributed by atoms with Crippen LogP contribution in [0.4, 0.5) is 0 Å². The molecule has 7 heteroatoms. The van der Waals surface area contributed by atoms with Crippen LogP contribution in [0.2, 0.25) is 0 Å². The highest BCUT2D eigenvalue weighted by Gasteiger charge is 2.53. The van der Waals surface area contributed by atoms with E-state index >= 15 is 0 Å². The van der Waals surface area contributed by atoms with Gasteiger partial charge in [0.2, 0.25) is 5.91 Å². The van der Waals surface area contributed by atoms with Gasteiger partial charge in [0.05, 0.1) is 12.3 Å². The minimum Gasteiger partial charge on any atom is -0.490 e. The van der Waals surface area contributed by atoms with Crippen molar-refractivity contribution in [3.8, 4) is 11.5 Å². The Labute approximate surface area is 165 Å². The predicted molar refractivity (Wildman–Crippen MR) is 107 cm³/mol. The van der Waals surface area contributed by atoms with Crippen molar-refractivity contribution in [2.24, 2.45) is 10.8 Å². The van der Waals surface area contributed by atoms with Gasteiger partial charge >= 0.3 is 0 Å². The lowest BCUT2D eigenvalue weighted by molar-refractivity contribution is -0.122. The van der Waals surface area contributed by atoms with E-state index in [2.05, 4.69) is 12.0 Å². The molecule has 2 N–H and O–H groups in total. The van der Waals surface area contributed by atoms with Crippen molar-refractivity contribution in [1.82, 2.24) is 5.01 Å². The summed E-state index contributed by atoms with van der Waals surface area (Å²) in [6, 6.07) is 3.13. The lowest BCUT2D eigenvalue weighted by atomic mass is 9.84. The van der Waals surface area contributed by atoms with E-state index in [1.807, 2.05) is 32.9 Å². The van der Waals surface area contributed by atoms with E-state index in [1.54, 1.807) is 12.1 Å². The summed E-state index contributed by atoms with van der Waals surface area (Å²) in [6.45, 7) is 8.68. The zero-order valence-electron chi connectivity index (χ0n) is 16.6. The number of amides is 1. The van der Waals surface area contributed by atoms with E-state index in [-0.39, 0.29) is 5.60 Å². The van der Waals surface area contributed by atoms with Crippen LogP contribution in [0.3, 0.4) is 0 Å². The molecule has 0 saturated carbocycles. The molecule has 2 aliphatic rings. The monoisotopic (exact) mass is 393 g/mol. The van der Waals surface area contributed by atoms with Crippen molar-refractivity contribution in [3.05, 3.63) is 23.3 Å². The normalized spacial score (nSPS) is 25.8. The highest BCUT2D eigenvalue weighted by Crippen LogP contribution is 2.49. The van der Waals surface area contributed by atoms with Gasteiger partial charge < -0.3 is 15.2 Å². The Hall–Kier alpha value is -1.95. The number of hydrazone groups is 1. The van der Waals surface area contributed by atoms with Crippen molar-refractivity contribution < 1.29 is 14.3 Å². The second-order valence-electron chi connectivity index (χ2n) is 7.84. The number of primary amides is 1. The minimum atomic E-state index is -1.12. The first-order valence-corrected chi connectivity index (χ1v) is 9.80. The fourth-order valence-corrected chi connectivity index (χ4v) is 4.51. The van der Waals surface area contributed by atoms with Crippen molar-refractivity contribution >= 4 is 23.2 Å². The van der Waals surface area contributed by atoms with Crippen LogP contribution in [0.5, 0.6) is 11.5 Å². The highest BCUT2D eigenvalue weighted by molar-refractivity contribution is 6.38. The number of nitrogens with zero attached hydrogens (tertiary/aromatic N) is 2. The second kappa shape index (κ2) is 6.89. The number of ether oxygens (including phenoxy) is 2. The van der Waals surface area contributed by atoms with Crippen LogP contribution >= 0.6 is 11.6 Å². The minimum absolute atomic E-state index is 0.317. The van der Waals surface area contributed by atoms with Crippen molar-refractivity contribution in [2.45, 2.75) is 63.5 Å². The van der Waals surface area contributed by atoms with Gasteiger partial charge in [0.15, 0.2) is 17.5 Å². The molecule has 1 aromatic rings. The maximum Gasteiger partial charge on any atom is 0.244 e. The van der Waals surface area contributed by atoms with E-state index in [9.17, 15) is 4.79 Å². The number of rotatable bonds is 6. The lowest BCUT2D eigenvalue weighted by Crippen LogP contribution is -2.50. The summed E-state index contributed by atoms with van der Waals surface area (Å²) in [7, 11) is 1.73. The van der Waals surface area contributed by atoms with Gasteiger partial charge in [0.25, 0.3) is 0 Å². The van der Waals surface area contributed by atoms with Gasteiger partial charge in [-0.25, -0.2) is 0 Å². The van der Waals surface area contributed by atoms with Gasteiger partial charge in [-0.05, 0) is 44.4 Å². The number of hydrogen-bond acceptors (Lipinski definition) is 5. The molecular formula is C20H28ClN3O3. The maximum absolute atomic E-state index is 12.2. The first-order valence-electron chi connectivity index (χ1n) is 9.42. The molecule has 6 nitrogen and oxygen atoms in total. The largest absolute Gasteiger partial charge is 0.490 e. The lowest BCUT2D eigenvalue weighted by Gasteiger charge is -2.31. The average Bonchev–Trinajstić information content (AvgIpc) is 3.04. The number of alkyl halides is 1. The van der Waals surface area contributed by atoms with Gasteiger partial charge in [-0.3, -0.25) is 9.80 Å². The molecule has 2 heterocycles. The van der Waals surface area contributed by atoms with Gasteiger partial charge in [-0.1, -0.05) is 13.8 Å². The van der Waals surface area contributed by atoms with Gasteiger partial charge in [0, 0.05) is 19.0 Å².